The standard InChI is InChI=1S/C20H26F3N3O2/c1-2-24-8-10-25(11-9-24)19(28)16-6-7-18(27)26(14-16)13-15-4-3-5-17(12-15)20(21,22)23/h3-5,12,16H,2,6-11,13-14H2,1H3/t16-/m0/s1. The van der Waals surface area contributed by atoms with Crippen LogP contribution in [0, 0.1) is 5.92 Å². The average Bonchev–Trinajstić information content (AvgIpc) is 2.69. The highest BCUT2D eigenvalue weighted by molar-refractivity contribution is 5.84. The molecule has 0 aromatic heterocycles. The Labute approximate surface area is 163 Å². The fraction of sp³-hybridized carbons (Fsp3) is 0.600. The second-order valence-electron chi connectivity index (χ2n) is 7.47. The Balaban J connectivity index is 1.63. The van der Waals surface area contributed by atoms with Gasteiger partial charge in [0, 0.05) is 45.7 Å². The van der Waals surface area contributed by atoms with Gasteiger partial charge in [0.05, 0.1) is 11.5 Å². The van der Waals surface area contributed by atoms with Crippen molar-refractivity contribution in [3.05, 3.63) is 35.4 Å². The highest BCUT2D eigenvalue weighted by Crippen LogP contribution is 2.30. The van der Waals surface area contributed by atoms with Gasteiger partial charge in [-0.1, -0.05) is 19.1 Å². The molecule has 2 aliphatic heterocycles. The summed E-state index contributed by atoms with van der Waals surface area (Å²) in [6.07, 6.45) is -3.66. The first-order chi connectivity index (χ1) is 13.3. The monoisotopic (exact) mass is 397 g/mol. The number of halogens is 3. The zero-order chi connectivity index (χ0) is 20.3. The first kappa shape index (κ1) is 20.6. The average molecular weight is 397 g/mol. The fourth-order valence-electron chi connectivity index (χ4n) is 3.88. The van der Waals surface area contributed by atoms with Crippen molar-refractivity contribution in [1.29, 1.82) is 0 Å². The van der Waals surface area contributed by atoms with Gasteiger partial charge < -0.3 is 14.7 Å². The number of carbonyl (C=O) groups is 2. The lowest BCUT2D eigenvalue weighted by atomic mass is 9.95. The van der Waals surface area contributed by atoms with Crippen molar-refractivity contribution < 1.29 is 22.8 Å². The summed E-state index contributed by atoms with van der Waals surface area (Å²) in [4.78, 5) is 30.8. The molecule has 0 N–H and O–H groups in total. The minimum Gasteiger partial charge on any atom is -0.340 e. The number of piperidine rings is 1. The highest BCUT2D eigenvalue weighted by Gasteiger charge is 2.34. The van der Waals surface area contributed by atoms with Crippen LogP contribution in [0.25, 0.3) is 0 Å². The molecule has 0 radical (unpaired) electrons. The second kappa shape index (κ2) is 8.51. The summed E-state index contributed by atoms with van der Waals surface area (Å²) in [5.41, 5.74) is -0.302. The van der Waals surface area contributed by atoms with E-state index in [0.29, 0.717) is 25.1 Å². The van der Waals surface area contributed by atoms with Gasteiger partial charge in [-0.25, -0.2) is 0 Å². The third kappa shape index (κ3) is 4.84. The molecule has 2 heterocycles. The van der Waals surface area contributed by atoms with Crippen molar-refractivity contribution in [3.8, 4) is 0 Å². The molecule has 154 valence electrons. The molecule has 3 rings (SSSR count). The van der Waals surface area contributed by atoms with Crippen molar-refractivity contribution in [2.75, 3.05) is 39.3 Å². The van der Waals surface area contributed by atoms with E-state index in [1.54, 1.807) is 6.07 Å². The number of amides is 2. The fourth-order valence-corrected chi connectivity index (χ4v) is 3.88. The molecule has 28 heavy (non-hydrogen) atoms. The minimum atomic E-state index is -4.42. The van der Waals surface area contributed by atoms with Crippen LogP contribution < -0.4 is 0 Å². The summed E-state index contributed by atoms with van der Waals surface area (Å²) in [5.74, 6) is -0.341. The molecule has 1 aromatic rings. The molecular formula is C20H26F3N3O2. The summed E-state index contributed by atoms with van der Waals surface area (Å²) in [7, 11) is 0. The molecule has 0 bridgehead atoms. The Kier molecular flexibility index (Phi) is 6.27. The lowest BCUT2D eigenvalue weighted by molar-refractivity contribution is -0.144. The third-order valence-corrected chi connectivity index (χ3v) is 5.61. The van der Waals surface area contributed by atoms with Crippen LogP contribution >= 0.6 is 0 Å². The van der Waals surface area contributed by atoms with Gasteiger partial charge in [0.15, 0.2) is 0 Å². The maximum Gasteiger partial charge on any atom is 0.416 e. The number of benzene rings is 1. The number of likely N-dealkylation sites (tertiary alicyclic amines) is 1. The maximum atomic E-state index is 12.9. The van der Waals surface area contributed by atoms with E-state index in [-0.39, 0.29) is 37.2 Å². The lowest BCUT2D eigenvalue weighted by Gasteiger charge is -2.38. The van der Waals surface area contributed by atoms with E-state index in [9.17, 15) is 22.8 Å². The van der Waals surface area contributed by atoms with E-state index in [1.807, 2.05) is 4.90 Å². The number of alkyl halides is 3. The Morgan fingerprint density at radius 1 is 1.18 bits per heavy atom. The molecule has 0 aliphatic carbocycles. The zero-order valence-electron chi connectivity index (χ0n) is 16.0. The van der Waals surface area contributed by atoms with Crippen LogP contribution in [0.4, 0.5) is 13.2 Å². The first-order valence-electron chi connectivity index (χ1n) is 9.73. The smallest absolute Gasteiger partial charge is 0.340 e. The van der Waals surface area contributed by atoms with Gasteiger partial charge in [-0.2, -0.15) is 13.2 Å². The van der Waals surface area contributed by atoms with E-state index in [4.69, 9.17) is 0 Å². The third-order valence-electron chi connectivity index (χ3n) is 5.61. The van der Waals surface area contributed by atoms with Crippen molar-refractivity contribution in [3.63, 3.8) is 0 Å². The number of hydrogen-bond donors (Lipinski definition) is 0. The molecule has 0 unspecified atom stereocenters. The van der Waals surface area contributed by atoms with Crippen LogP contribution in [0.1, 0.15) is 30.9 Å². The Morgan fingerprint density at radius 2 is 1.89 bits per heavy atom. The Bertz CT molecular complexity index is 715. The SMILES string of the molecule is CCN1CCN(C(=O)[C@H]2CCC(=O)N(Cc3cccc(C(F)(F)F)c3)C2)CC1. The van der Waals surface area contributed by atoms with Crippen molar-refractivity contribution in [2.45, 2.75) is 32.5 Å². The molecule has 0 spiro atoms. The van der Waals surface area contributed by atoms with Gasteiger partial charge in [0.2, 0.25) is 11.8 Å². The van der Waals surface area contributed by atoms with Gasteiger partial charge in [-0.05, 0) is 30.7 Å². The number of rotatable bonds is 4. The number of piperazine rings is 1. The summed E-state index contributed by atoms with van der Waals surface area (Å²) < 4.78 is 38.7. The highest BCUT2D eigenvalue weighted by atomic mass is 19.4. The Hall–Kier alpha value is -2.09. The Morgan fingerprint density at radius 3 is 2.54 bits per heavy atom. The largest absolute Gasteiger partial charge is 0.416 e. The van der Waals surface area contributed by atoms with Crippen molar-refractivity contribution in [2.24, 2.45) is 5.92 Å². The molecular weight excluding hydrogens is 371 g/mol. The van der Waals surface area contributed by atoms with Gasteiger partial charge in [-0.15, -0.1) is 0 Å². The molecule has 2 fully saturated rings. The van der Waals surface area contributed by atoms with E-state index in [2.05, 4.69) is 11.8 Å². The van der Waals surface area contributed by atoms with E-state index in [0.717, 1.165) is 31.8 Å². The summed E-state index contributed by atoms with van der Waals surface area (Å²) in [5, 5.41) is 0. The van der Waals surface area contributed by atoms with Crippen molar-refractivity contribution >= 4 is 11.8 Å². The summed E-state index contributed by atoms with van der Waals surface area (Å²) >= 11 is 0. The number of carbonyl (C=O) groups excluding carboxylic acids is 2. The maximum absolute atomic E-state index is 12.9. The molecule has 2 aliphatic rings. The molecule has 8 heteroatoms. The van der Waals surface area contributed by atoms with Crippen LogP contribution in [-0.2, 0) is 22.3 Å². The molecule has 1 aromatic carbocycles. The lowest BCUT2D eigenvalue weighted by Crippen LogP contribution is -2.53. The predicted molar refractivity (Wildman–Crippen MR) is 98.3 cm³/mol. The molecule has 2 amide bonds. The molecule has 0 saturated carbocycles. The number of nitrogens with zero attached hydrogens (tertiary/aromatic N) is 3. The number of likely N-dealkylation sites (N-methyl/N-ethyl adjacent to an activating group) is 1. The van der Waals surface area contributed by atoms with E-state index >= 15 is 0 Å². The van der Waals surface area contributed by atoms with Gasteiger partial charge in [-0.3, -0.25) is 9.59 Å². The molecule has 5 nitrogen and oxygen atoms in total. The van der Waals surface area contributed by atoms with Crippen LogP contribution in [0.5, 0.6) is 0 Å². The van der Waals surface area contributed by atoms with E-state index < -0.39 is 11.7 Å². The minimum absolute atomic E-state index is 0.0531. The van der Waals surface area contributed by atoms with Gasteiger partial charge >= 0.3 is 6.18 Å². The second-order valence-corrected chi connectivity index (χ2v) is 7.47. The van der Waals surface area contributed by atoms with Crippen LogP contribution in [0.2, 0.25) is 0 Å². The quantitative estimate of drug-likeness (QED) is 0.785. The van der Waals surface area contributed by atoms with Gasteiger partial charge in [0.25, 0.3) is 0 Å². The zero-order valence-corrected chi connectivity index (χ0v) is 16.0. The van der Waals surface area contributed by atoms with Crippen LogP contribution in [0.3, 0.4) is 0 Å². The molecule has 2 saturated heterocycles. The van der Waals surface area contributed by atoms with Crippen LogP contribution in [0.15, 0.2) is 24.3 Å². The first-order valence-corrected chi connectivity index (χ1v) is 9.73. The number of hydrogen-bond acceptors (Lipinski definition) is 3. The molecule has 1 atom stereocenters. The van der Waals surface area contributed by atoms with Crippen molar-refractivity contribution in [1.82, 2.24) is 14.7 Å². The topological polar surface area (TPSA) is 43.9 Å². The summed E-state index contributed by atoms with van der Waals surface area (Å²) in [6.45, 7) is 6.48. The summed E-state index contributed by atoms with van der Waals surface area (Å²) in [6, 6.07) is 5.02. The predicted octanol–water partition coefficient (Wildman–Crippen LogP) is 2.61. The van der Waals surface area contributed by atoms with E-state index in [1.165, 1.54) is 11.0 Å². The van der Waals surface area contributed by atoms with Crippen LogP contribution in [-0.4, -0.2) is 65.8 Å². The van der Waals surface area contributed by atoms with Gasteiger partial charge in [0.1, 0.15) is 0 Å². The normalized spacial score (nSPS) is 21.9.